The van der Waals surface area contributed by atoms with Crippen molar-refractivity contribution >= 4 is 16.7 Å². The van der Waals surface area contributed by atoms with E-state index in [1.807, 2.05) is 18.7 Å². The normalized spacial score (nSPS) is 30.4. The van der Waals surface area contributed by atoms with Crippen molar-refractivity contribution < 1.29 is 18.3 Å². The van der Waals surface area contributed by atoms with Crippen molar-refractivity contribution in [1.82, 2.24) is 19.9 Å². The molecule has 6 rings (SSSR count). The van der Waals surface area contributed by atoms with Gasteiger partial charge in [0.1, 0.15) is 24.4 Å². The summed E-state index contributed by atoms with van der Waals surface area (Å²) in [6.07, 6.45) is 3.46. The van der Waals surface area contributed by atoms with Crippen LogP contribution < -0.4 is 14.4 Å². The molecule has 9 heteroatoms. The molecule has 184 valence electrons. The molecule has 2 aromatic rings. The third-order valence-corrected chi connectivity index (χ3v) is 8.32. The van der Waals surface area contributed by atoms with Gasteiger partial charge in [-0.1, -0.05) is 6.92 Å². The van der Waals surface area contributed by atoms with Gasteiger partial charge in [-0.15, -0.1) is 0 Å². The highest BCUT2D eigenvalue weighted by atomic mass is 19.3. The van der Waals surface area contributed by atoms with Crippen molar-refractivity contribution in [2.75, 3.05) is 37.7 Å². The fourth-order valence-corrected chi connectivity index (χ4v) is 6.61. The van der Waals surface area contributed by atoms with Gasteiger partial charge >= 0.3 is 6.01 Å². The highest BCUT2D eigenvalue weighted by Crippen LogP contribution is 2.44. The van der Waals surface area contributed by atoms with Gasteiger partial charge in [-0.25, -0.2) is 13.8 Å². The maximum absolute atomic E-state index is 14.5. The predicted molar refractivity (Wildman–Crippen MR) is 125 cm³/mol. The number of halogens is 2. The topological polar surface area (TPSA) is 63.6 Å². The largest absolute Gasteiger partial charge is 0.475 e. The minimum absolute atomic E-state index is 0.0521. The molecule has 0 spiro atoms. The number of aromatic nitrogens is 3. The second-order valence-electron chi connectivity index (χ2n) is 10.9. The molecular formula is C25H33F2N5O2. The van der Waals surface area contributed by atoms with Crippen LogP contribution in [0, 0.1) is 19.8 Å². The number of hydrogen-bond donors (Lipinski definition) is 0. The Balaban J connectivity index is 1.42. The zero-order chi connectivity index (χ0) is 23.7. The second kappa shape index (κ2) is 7.86. The maximum Gasteiger partial charge on any atom is 0.319 e. The van der Waals surface area contributed by atoms with E-state index in [1.54, 1.807) is 0 Å². The van der Waals surface area contributed by atoms with Crippen molar-refractivity contribution in [1.29, 1.82) is 0 Å². The van der Waals surface area contributed by atoms with Gasteiger partial charge in [0.15, 0.2) is 0 Å². The number of nitrogens with zero attached hydrogens (tertiary/aromatic N) is 5. The molecule has 1 unspecified atom stereocenters. The molecule has 0 saturated carbocycles. The summed E-state index contributed by atoms with van der Waals surface area (Å²) in [4.78, 5) is 18.8. The van der Waals surface area contributed by atoms with Crippen molar-refractivity contribution in [3.8, 4) is 11.9 Å². The highest BCUT2D eigenvalue weighted by Gasteiger charge is 2.48. The van der Waals surface area contributed by atoms with Crippen molar-refractivity contribution in [2.24, 2.45) is 5.92 Å². The zero-order valence-corrected chi connectivity index (χ0v) is 20.2. The first-order chi connectivity index (χ1) is 16.2. The minimum Gasteiger partial charge on any atom is -0.475 e. The van der Waals surface area contributed by atoms with Crippen LogP contribution in [0.5, 0.6) is 11.9 Å². The van der Waals surface area contributed by atoms with Gasteiger partial charge in [0, 0.05) is 31.6 Å². The Labute approximate surface area is 198 Å². The molecule has 0 radical (unpaired) electrons. The third kappa shape index (κ3) is 3.58. The monoisotopic (exact) mass is 473 g/mol. The fourth-order valence-electron chi connectivity index (χ4n) is 6.61. The van der Waals surface area contributed by atoms with E-state index in [4.69, 9.17) is 19.4 Å². The molecule has 2 aromatic heterocycles. The average Bonchev–Trinajstić information content (AvgIpc) is 3.20. The number of rotatable bonds is 3. The summed E-state index contributed by atoms with van der Waals surface area (Å²) >= 11 is 0. The second-order valence-corrected chi connectivity index (χ2v) is 10.9. The van der Waals surface area contributed by atoms with E-state index in [1.165, 1.54) is 6.42 Å². The first kappa shape index (κ1) is 22.2. The van der Waals surface area contributed by atoms with Crippen LogP contribution in [0.15, 0.2) is 0 Å². The highest BCUT2D eigenvalue weighted by molar-refractivity contribution is 5.96. The molecule has 0 aromatic carbocycles. The summed E-state index contributed by atoms with van der Waals surface area (Å²) in [5.41, 5.74) is 2.53. The number of anilines is 1. The maximum atomic E-state index is 14.5. The Kier molecular flexibility index (Phi) is 5.13. The SMILES string of the molecule is Cc1nc2c3c(nc(OCC45CCCN4C[C@H](C)C5)nc3c1C)N1CCCC(F)(F)C[C@H]1CO2. The predicted octanol–water partition coefficient (Wildman–Crippen LogP) is 4.28. The molecule has 34 heavy (non-hydrogen) atoms. The molecule has 3 saturated heterocycles. The van der Waals surface area contributed by atoms with Crippen LogP contribution in [0.25, 0.3) is 10.9 Å². The van der Waals surface area contributed by atoms with Crippen molar-refractivity contribution in [3.63, 3.8) is 0 Å². The van der Waals surface area contributed by atoms with Crippen LogP contribution in [0.2, 0.25) is 0 Å². The Hall–Kier alpha value is -2.29. The Morgan fingerprint density at radius 2 is 1.91 bits per heavy atom. The number of fused-ring (bicyclic) bond motifs is 3. The van der Waals surface area contributed by atoms with E-state index < -0.39 is 12.0 Å². The molecular weight excluding hydrogens is 440 g/mol. The summed E-state index contributed by atoms with van der Waals surface area (Å²) in [5, 5.41) is 0.707. The smallest absolute Gasteiger partial charge is 0.319 e. The lowest BCUT2D eigenvalue weighted by molar-refractivity contribution is -0.0204. The Bertz CT molecular complexity index is 1130. The summed E-state index contributed by atoms with van der Waals surface area (Å²) in [5.74, 6) is -1.01. The molecule has 0 bridgehead atoms. The number of alkyl halides is 2. The van der Waals surface area contributed by atoms with E-state index >= 15 is 0 Å². The molecule has 3 atom stereocenters. The van der Waals surface area contributed by atoms with Crippen molar-refractivity contribution in [2.45, 2.75) is 76.8 Å². The molecule has 0 amide bonds. The molecule has 4 aliphatic rings. The molecule has 6 heterocycles. The molecule has 4 aliphatic heterocycles. The molecule has 0 aliphatic carbocycles. The van der Waals surface area contributed by atoms with Crippen LogP contribution in [0.4, 0.5) is 14.6 Å². The number of pyridine rings is 1. The Morgan fingerprint density at radius 1 is 1.09 bits per heavy atom. The van der Waals surface area contributed by atoms with Gasteiger partial charge < -0.3 is 14.4 Å². The van der Waals surface area contributed by atoms with Gasteiger partial charge in [0.25, 0.3) is 0 Å². The van der Waals surface area contributed by atoms with Crippen LogP contribution in [0.3, 0.4) is 0 Å². The van der Waals surface area contributed by atoms with Gasteiger partial charge in [0.2, 0.25) is 11.8 Å². The zero-order valence-electron chi connectivity index (χ0n) is 20.2. The van der Waals surface area contributed by atoms with Crippen LogP contribution in [-0.2, 0) is 0 Å². The number of aryl methyl sites for hydroxylation is 2. The Morgan fingerprint density at radius 3 is 2.76 bits per heavy atom. The van der Waals surface area contributed by atoms with Crippen LogP contribution in [0.1, 0.15) is 56.7 Å². The van der Waals surface area contributed by atoms with Gasteiger partial charge in [-0.2, -0.15) is 9.97 Å². The van der Waals surface area contributed by atoms with Crippen molar-refractivity contribution in [3.05, 3.63) is 11.3 Å². The van der Waals surface area contributed by atoms with E-state index in [0.717, 1.165) is 42.7 Å². The lowest BCUT2D eigenvalue weighted by atomic mass is 9.92. The van der Waals surface area contributed by atoms with E-state index in [0.29, 0.717) is 48.6 Å². The molecule has 3 fully saturated rings. The lowest BCUT2D eigenvalue weighted by Gasteiger charge is -2.32. The summed E-state index contributed by atoms with van der Waals surface area (Å²) in [7, 11) is 0. The van der Waals surface area contributed by atoms with Gasteiger partial charge in [0.05, 0.1) is 17.1 Å². The van der Waals surface area contributed by atoms with E-state index in [9.17, 15) is 8.78 Å². The average molecular weight is 474 g/mol. The first-order valence-electron chi connectivity index (χ1n) is 12.6. The lowest BCUT2D eigenvalue weighted by Crippen LogP contribution is -2.43. The minimum atomic E-state index is -2.71. The summed E-state index contributed by atoms with van der Waals surface area (Å²) in [6.45, 7) is 9.64. The molecule has 0 N–H and O–H groups in total. The standard InChI is InChI=1S/C25H33F2N5O2/c1-15-10-24(6-4-8-31(24)12-15)14-34-23-29-20-16(2)17(3)28-22-19(20)21(30-23)32-9-5-7-25(26,27)11-18(32)13-33-22/h15,18H,4-14H2,1-3H3/t15-,18+,24?/m1/s1. The van der Waals surface area contributed by atoms with E-state index in [2.05, 4.69) is 16.8 Å². The third-order valence-electron chi connectivity index (χ3n) is 8.32. The fraction of sp³-hybridized carbons (Fsp3) is 0.720. The first-order valence-corrected chi connectivity index (χ1v) is 12.6. The number of ether oxygens (including phenoxy) is 2. The summed E-state index contributed by atoms with van der Waals surface area (Å²) < 4.78 is 41.3. The summed E-state index contributed by atoms with van der Waals surface area (Å²) in [6, 6.07) is -0.155. The molecule has 7 nitrogen and oxygen atoms in total. The quantitative estimate of drug-likeness (QED) is 0.659. The van der Waals surface area contributed by atoms with E-state index in [-0.39, 0.29) is 25.0 Å². The van der Waals surface area contributed by atoms with Gasteiger partial charge in [-0.05, 0) is 57.6 Å². The van der Waals surface area contributed by atoms with Crippen LogP contribution in [-0.4, -0.2) is 70.2 Å². The number of hydrogen-bond acceptors (Lipinski definition) is 7. The van der Waals surface area contributed by atoms with Crippen LogP contribution >= 0.6 is 0 Å². The van der Waals surface area contributed by atoms with Gasteiger partial charge in [-0.3, -0.25) is 4.90 Å².